The zero-order valence-corrected chi connectivity index (χ0v) is 10.8. The minimum atomic E-state index is -0.446. The molecule has 0 spiro atoms. The van der Waals surface area contributed by atoms with Crippen molar-refractivity contribution < 1.29 is 9.53 Å². The van der Waals surface area contributed by atoms with Crippen LogP contribution in [0.4, 0.5) is 0 Å². The van der Waals surface area contributed by atoms with Gasteiger partial charge in [0.1, 0.15) is 11.9 Å². The normalized spacial score (nSPS) is 12.6. The minimum Gasteiger partial charge on any atom is -0.465 e. The van der Waals surface area contributed by atoms with Crippen molar-refractivity contribution in [1.82, 2.24) is 15.3 Å². The lowest BCUT2D eigenvalue weighted by Gasteiger charge is -2.14. The summed E-state index contributed by atoms with van der Waals surface area (Å²) in [6, 6.07) is 5.27. The molecule has 5 nitrogen and oxygen atoms in total. The van der Waals surface area contributed by atoms with Gasteiger partial charge in [-0.15, -0.1) is 0 Å². The number of aryl methyl sites for hydroxylation is 1. The third-order valence-corrected chi connectivity index (χ3v) is 2.77. The van der Waals surface area contributed by atoms with Crippen LogP contribution < -0.4 is 5.32 Å². The first-order valence-corrected chi connectivity index (χ1v) is 5.96. The molecule has 0 amide bonds. The third kappa shape index (κ3) is 2.36. The van der Waals surface area contributed by atoms with E-state index < -0.39 is 6.04 Å². The van der Waals surface area contributed by atoms with E-state index in [0.29, 0.717) is 6.61 Å². The molecular formula is C13H17N3O2. The van der Waals surface area contributed by atoms with Crippen LogP contribution in [0.15, 0.2) is 18.2 Å². The highest BCUT2D eigenvalue weighted by Crippen LogP contribution is 2.19. The van der Waals surface area contributed by atoms with Crippen molar-refractivity contribution >= 4 is 17.0 Å². The molecule has 96 valence electrons. The average molecular weight is 247 g/mol. The van der Waals surface area contributed by atoms with Crippen molar-refractivity contribution in [3.8, 4) is 0 Å². The lowest BCUT2D eigenvalue weighted by molar-refractivity contribution is -0.145. The van der Waals surface area contributed by atoms with Crippen molar-refractivity contribution in [2.45, 2.75) is 19.9 Å². The zero-order chi connectivity index (χ0) is 13.1. The molecule has 2 rings (SSSR count). The van der Waals surface area contributed by atoms with Crippen LogP contribution in [-0.4, -0.2) is 29.6 Å². The smallest absolute Gasteiger partial charge is 0.327 e. The maximum Gasteiger partial charge on any atom is 0.327 e. The van der Waals surface area contributed by atoms with Crippen LogP contribution in [-0.2, 0) is 9.53 Å². The molecule has 0 radical (unpaired) electrons. The number of aromatic amines is 1. The number of imidazole rings is 1. The molecule has 0 saturated heterocycles. The first-order chi connectivity index (χ1) is 8.65. The van der Waals surface area contributed by atoms with E-state index in [2.05, 4.69) is 15.3 Å². The van der Waals surface area contributed by atoms with Gasteiger partial charge in [0.2, 0.25) is 0 Å². The third-order valence-electron chi connectivity index (χ3n) is 2.77. The fraction of sp³-hybridized carbons (Fsp3) is 0.385. The van der Waals surface area contributed by atoms with E-state index in [1.54, 1.807) is 14.0 Å². The summed E-state index contributed by atoms with van der Waals surface area (Å²) < 4.78 is 5.04. The Bertz CT molecular complexity index is 562. The lowest BCUT2D eigenvalue weighted by atomic mass is 10.1. The molecule has 1 aromatic carbocycles. The van der Waals surface area contributed by atoms with Crippen molar-refractivity contribution in [2.75, 3.05) is 13.7 Å². The van der Waals surface area contributed by atoms with Crippen LogP contribution in [0.2, 0.25) is 0 Å². The number of hydrogen-bond donors (Lipinski definition) is 2. The Kier molecular flexibility index (Phi) is 3.62. The molecule has 0 saturated carbocycles. The SMILES string of the molecule is CCOC(=O)C(NC)c1ccc2nc(C)[nH]c2c1. The molecule has 2 N–H and O–H groups in total. The number of rotatable bonds is 4. The van der Waals surface area contributed by atoms with Gasteiger partial charge >= 0.3 is 5.97 Å². The number of esters is 1. The molecule has 0 bridgehead atoms. The fourth-order valence-corrected chi connectivity index (χ4v) is 1.98. The second kappa shape index (κ2) is 5.18. The van der Waals surface area contributed by atoms with Crippen molar-refractivity contribution in [1.29, 1.82) is 0 Å². The highest BCUT2D eigenvalue weighted by atomic mass is 16.5. The Morgan fingerprint density at radius 2 is 2.33 bits per heavy atom. The summed E-state index contributed by atoms with van der Waals surface area (Å²) in [5.41, 5.74) is 2.69. The van der Waals surface area contributed by atoms with Crippen LogP contribution in [0.3, 0.4) is 0 Å². The number of nitrogens with zero attached hydrogens (tertiary/aromatic N) is 1. The second-order valence-corrected chi connectivity index (χ2v) is 4.07. The molecule has 2 aromatic rings. The van der Waals surface area contributed by atoms with Crippen LogP contribution in [0.5, 0.6) is 0 Å². The largest absolute Gasteiger partial charge is 0.465 e. The Morgan fingerprint density at radius 1 is 1.56 bits per heavy atom. The molecule has 0 aliphatic heterocycles. The predicted molar refractivity (Wildman–Crippen MR) is 69.3 cm³/mol. The first kappa shape index (κ1) is 12.6. The molecule has 0 aliphatic carbocycles. The number of hydrogen-bond acceptors (Lipinski definition) is 4. The minimum absolute atomic E-state index is 0.268. The van der Waals surface area contributed by atoms with E-state index in [1.165, 1.54) is 0 Å². The van der Waals surface area contributed by atoms with Crippen molar-refractivity contribution in [2.24, 2.45) is 0 Å². The molecule has 0 aliphatic rings. The number of benzene rings is 1. The molecule has 5 heteroatoms. The fourth-order valence-electron chi connectivity index (χ4n) is 1.98. The van der Waals surface area contributed by atoms with Crippen LogP contribution in [0, 0.1) is 6.92 Å². The highest BCUT2D eigenvalue weighted by Gasteiger charge is 2.20. The summed E-state index contributed by atoms with van der Waals surface area (Å²) >= 11 is 0. The molecule has 1 atom stereocenters. The summed E-state index contributed by atoms with van der Waals surface area (Å²) in [7, 11) is 1.74. The number of fused-ring (bicyclic) bond motifs is 1. The molecule has 1 heterocycles. The van der Waals surface area contributed by atoms with E-state index in [1.807, 2.05) is 25.1 Å². The van der Waals surface area contributed by atoms with Gasteiger partial charge in [0, 0.05) is 0 Å². The molecular weight excluding hydrogens is 230 g/mol. The maximum absolute atomic E-state index is 11.8. The van der Waals surface area contributed by atoms with Gasteiger partial charge in [0.15, 0.2) is 0 Å². The highest BCUT2D eigenvalue weighted by molar-refractivity contribution is 5.81. The topological polar surface area (TPSA) is 67.0 Å². The number of H-pyrrole nitrogens is 1. The Hall–Kier alpha value is -1.88. The monoisotopic (exact) mass is 247 g/mol. The van der Waals surface area contributed by atoms with E-state index >= 15 is 0 Å². The maximum atomic E-state index is 11.8. The van der Waals surface area contributed by atoms with E-state index in [-0.39, 0.29) is 5.97 Å². The molecule has 0 fully saturated rings. The molecule has 1 aromatic heterocycles. The Morgan fingerprint density at radius 3 is 3.00 bits per heavy atom. The summed E-state index contributed by atoms with van der Waals surface area (Å²) in [5, 5.41) is 2.97. The van der Waals surface area contributed by atoms with Gasteiger partial charge in [-0.05, 0) is 38.6 Å². The van der Waals surface area contributed by atoms with Gasteiger partial charge in [-0.2, -0.15) is 0 Å². The summed E-state index contributed by atoms with van der Waals surface area (Å²) in [4.78, 5) is 19.3. The lowest BCUT2D eigenvalue weighted by Crippen LogP contribution is -2.27. The average Bonchev–Trinajstić information content (AvgIpc) is 2.69. The second-order valence-electron chi connectivity index (χ2n) is 4.07. The molecule has 18 heavy (non-hydrogen) atoms. The van der Waals surface area contributed by atoms with E-state index in [0.717, 1.165) is 22.4 Å². The van der Waals surface area contributed by atoms with Gasteiger partial charge in [0.05, 0.1) is 17.6 Å². The number of likely N-dealkylation sites (N-methyl/N-ethyl adjacent to an activating group) is 1. The van der Waals surface area contributed by atoms with Crippen molar-refractivity contribution in [3.05, 3.63) is 29.6 Å². The Balaban J connectivity index is 2.35. The van der Waals surface area contributed by atoms with Gasteiger partial charge < -0.3 is 15.0 Å². The number of carbonyl (C=O) groups excluding carboxylic acids is 1. The summed E-state index contributed by atoms with van der Waals surface area (Å²) in [6.07, 6.45) is 0. The predicted octanol–water partition coefficient (Wildman–Crippen LogP) is 1.69. The quantitative estimate of drug-likeness (QED) is 0.807. The van der Waals surface area contributed by atoms with Crippen LogP contribution in [0.25, 0.3) is 11.0 Å². The number of ether oxygens (including phenoxy) is 1. The summed E-state index contributed by atoms with van der Waals surface area (Å²) in [6.45, 7) is 4.08. The molecule has 1 unspecified atom stereocenters. The number of nitrogens with one attached hydrogen (secondary N) is 2. The first-order valence-electron chi connectivity index (χ1n) is 5.96. The van der Waals surface area contributed by atoms with E-state index in [4.69, 9.17) is 4.74 Å². The van der Waals surface area contributed by atoms with Gasteiger partial charge in [0.25, 0.3) is 0 Å². The van der Waals surface area contributed by atoms with Gasteiger partial charge in [-0.25, -0.2) is 9.78 Å². The number of aromatic nitrogens is 2. The number of carbonyl (C=O) groups is 1. The summed E-state index contributed by atoms with van der Waals surface area (Å²) in [5.74, 6) is 0.592. The standard InChI is InChI=1S/C13H17N3O2/c1-4-18-13(17)12(14-3)9-5-6-10-11(7-9)16-8(2)15-10/h5-7,12,14H,4H2,1-3H3,(H,15,16). The van der Waals surface area contributed by atoms with Crippen LogP contribution in [0.1, 0.15) is 24.4 Å². The van der Waals surface area contributed by atoms with Crippen LogP contribution >= 0.6 is 0 Å². The van der Waals surface area contributed by atoms with E-state index in [9.17, 15) is 4.79 Å². The zero-order valence-electron chi connectivity index (χ0n) is 10.8. The van der Waals surface area contributed by atoms with Gasteiger partial charge in [-0.3, -0.25) is 0 Å². The van der Waals surface area contributed by atoms with Crippen molar-refractivity contribution in [3.63, 3.8) is 0 Å². The Labute approximate surface area is 106 Å². The van der Waals surface area contributed by atoms with Gasteiger partial charge in [-0.1, -0.05) is 6.07 Å².